The molecule has 1 aromatic carbocycles. The first-order chi connectivity index (χ1) is 9.65. The second-order valence-electron chi connectivity index (χ2n) is 4.32. The quantitative estimate of drug-likeness (QED) is 0.783. The van der Waals surface area contributed by atoms with E-state index >= 15 is 0 Å². The number of primary amides is 1. The summed E-state index contributed by atoms with van der Waals surface area (Å²) in [4.78, 5) is 15.2. The van der Waals surface area contributed by atoms with E-state index in [0.717, 1.165) is 5.56 Å². The zero-order valence-electron chi connectivity index (χ0n) is 10.7. The first kappa shape index (κ1) is 12.2. The number of rotatable bonds is 3. The third kappa shape index (κ3) is 2.07. The Labute approximate surface area is 114 Å². The monoisotopic (exact) mass is 267 g/mol. The fraction of sp³-hybridized carbons (Fsp3) is 0.0714. The summed E-state index contributed by atoms with van der Waals surface area (Å²) in [5.41, 5.74) is 6.96. The van der Waals surface area contributed by atoms with Crippen molar-refractivity contribution in [1.82, 2.24) is 14.6 Å². The number of ether oxygens (including phenoxy) is 1. The SMILES string of the molecule is Cc1cccc(Oc2ccc(C(N)=O)c3n[c]nn23)c1. The van der Waals surface area contributed by atoms with Gasteiger partial charge in [-0.05, 0) is 30.7 Å². The summed E-state index contributed by atoms with van der Waals surface area (Å²) in [5.74, 6) is 0.538. The van der Waals surface area contributed by atoms with E-state index in [9.17, 15) is 4.79 Å². The molecule has 0 unspecified atom stereocenters. The number of carbonyl (C=O) groups excluding carboxylic acids is 1. The van der Waals surface area contributed by atoms with Gasteiger partial charge in [-0.15, -0.1) is 5.10 Å². The average Bonchev–Trinajstić information content (AvgIpc) is 2.88. The van der Waals surface area contributed by atoms with Crippen molar-refractivity contribution < 1.29 is 9.53 Å². The zero-order valence-corrected chi connectivity index (χ0v) is 10.7. The first-order valence-corrected chi connectivity index (χ1v) is 5.95. The van der Waals surface area contributed by atoms with Crippen LogP contribution in [0.25, 0.3) is 5.65 Å². The summed E-state index contributed by atoms with van der Waals surface area (Å²) < 4.78 is 7.15. The Morgan fingerprint density at radius 1 is 1.35 bits per heavy atom. The van der Waals surface area contributed by atoms with E-state index in [1.54, 1.807) is 12.1 Å². The van der Waals surface area contributed by atoms with Gasteiger partial charge >= 0.3 is 0 Å². The number of benzene rings is 1. The Balaban J connectivity index is 2.07. The van der Waals surface area contributed by atoms with Crippen LogP contribution >= 0.6 is 0 Å². The summed E-state index contributed by atoms with van der Waals surface area (Å²) in [6, 6.07) is 10.8. The Kier molecular flexibility index (Phi) is 2.83. The Morgan fingerprint density at radius 3 is 2.95 bits per heavy atom. The molecule has 2 aromatic heterocycles. The van der Waals surface area contributed by atoms with Gasteiger partial charge in [0.2, 0.25) is 12.2 Å². The standard InChI is InChI=1S/C14H11N4O2/c1-9-3-2-4-10(7-9)20-12-6-5-11(13(15)19)14-16-8-17-18(12)14/h2-7H,1H3,(H2,15,19). The molecule has 0 spiro atoms. The van der Waals surface area contributed by atoms with Crippen LogP contribution in [0.1, 0.15) is 15.9 Å². The number of carbonyl (C=O) groups is 1. The molecule has 6 heteroatoms. The lowest BCUT2D eigenvalue weighted by Crippen LogP contribution is -2.13. The van der Waals surface area contributed by atoms with Gasteiger partial charge in [-0.25, -0.2) is 4.98 Å². The number of hydrogen-bond donors (Lipinski definition) is 1. The number of amides is 1. The van der Waals surface area contributed by atoms with Gasteiger partial charge in [0.1, 0.15) is 5.75 Å². The van der Waals surface area contributed by atoms with Gasteiger partial charge in [0.15, 0.2) is 5.65 Å². The molecule has 6 nitrogen and oxygen atoms in total. The van der Waals surface area contributed by atoms with Gasteiger partial charge in [0.05, 0.1) is 5.56 Å². The van der Waals surface area contributed by atoms with E-state index in [4.69, 9.17) is 10.5 Å². The maximum Gasteiger partial charge on any atom is 0.252 e. The highest BCUT2D eigenvalue weighted by Gasteiger charge is 2.13. The van der Waals surface area contributed by atoms with Crippen molar-refractivity contribution in [1.29, 1.82) is 0 Å². The van der Waals surface area contributed by atoms with E-state index in [1.165, 1.54) is 4.52 Å². The summed E-state index contributed by atoms with van der Waals surface area (Å²) in [5, 5.41) is 3.93. The molecule has 3 aromatic rings. The predicted molar refractivity (Wildman–Crippen MR) is 71.6 cm³/mol. The smallest absolute Gasteiger partial charge is 0.252 e. The van der Waals surface area contributed by atoms with E-state index in [0.29, 0.717) is 17.3 Å². The van der Waals surface area contributed by atoms with E-state index in [1.807, 2.05) is 31.2 Å². The van der Waals surface area contributed by atoms with Crippen molar-refractivity contribution in [2.75, 3.05) is 0 Å². The molecule has 0 fully saturated rings. The van der Waals surface area contributed by atoms with Gasteiger partial charge in [-0.2, -0.15) is 4.52 Å². The number of aryl methyl sites for hydroxylation is 1. The zero-order chi connectivity index (χ0) is 14.1. The van der Waals surface area contributed by atoms with Gasteiger partial charge in [0.25, 0.3) is 5.91 Å². The molecule has 0 saturated carbocycles. The van der Waals surface area contributed by atoms with Gasteiger partial charge < -0.3 is 10.5 Å². The van der Waals surface area contributed by atoms with Crippen molar-refractivity contribution in [3.8, 4) is 11.6 Å². The molecule has 1 amide bonds. The molecule has 2 N–H and O–H groups in total. The minimum Gasteiger partial charge on any atom is -0.439 e. The summed E-state index contributed by atoms with van der Waals surface area (Å²) >= 11 is 0. The number of pyridine rings is 1. The third-order valence-electron chi connectivity index (χ3n) is 2.82. The lowest BCUT2D eigenvalue weighted by Gasteiger charge is -2.08. The molecule has 99 valence electrons. The van der Waals surface area contributed by atoms with Crippen LogP contribution in [-0.4, -0.2) is 20.5 Å². The summed E-state index contributed by atoms with van der Waals surface area (Å²) in [6.45, 7) is 1.97. The Hall–Kier alpha value is -2.89. The minimum absolute atomic E-state index is 0.273. The number of nitrogens with zero attached hydrogens (tertiary/aromatic N) is 3. The van der Waals surface area contributed by atoms with Gasteiger partial charge in [0, 0.05) is 6.07 Å². The van der Waals surface area contributed by atoms with Crippen molar-refractivity contribution in [2.45, 2.75) is 6.92 Å². The highest BCUT2D eigenvalue weighted by atomic mass is 16.5. The Bertz CT molecular complexity index is 795. The fourth-order valence-electron chi connectivity index (χ4n) is 1.91. The van der Waals surface area contributed by atoms with Crippen LogP contribution < -0.4 is 10.5 Å². The molecule has 3 rings (SSSR count). The maximum absolute atomic E-state index is 11.3. The largest absolute Gasteiger partial charge is 0.439 e. The fourth-order valence-corrected chi connectivity index (χ4v) is 1.91. The molecule has 0 aliphatic rings. The van der Waals surface area contributed by atoms with Gasteiger partial charge in [-0.1, -0.05) is 12.1 Å². The topological polar surface area (TPSA) is 82.5 Å². The molecule has 0 aliphatic heterocycles. The average molecular weight is 267 g/mol. The van der Waals surface area contributed by atoms with E-state index in [-0.39, 0.29) is 5.56 Å². The molecule has 20 heavy (non-hydrogen) atoms. The highest BCUT2D eigenvalue weighted by molar-refractivity contribution is 5.98. The van der Waals surface area contributed by atoms with Crippen LogP contribution in [0.3, 0.4) is 0 Å². The first-order valence-electron chi connectivity index (χ1n) is 5.95. The maximum atomic E-state index is 11.3. The van der Waals surface area contributed by atoms with Crippen LogP contribution in [0, 0.1) is 13.3 Å². The van der Waals surface area contributed by atoms with Crippen LogP contribution in [0.15, 0.2) is 36.4 Å². The normalized spacial score (nSPS) is 10.7. The van der Waals surface area contributed by atoms with Crippen molar-refractivity contribution in [3.63, 3.8) is 0 Å². The molecule has 0 saturated heterocycles. The molecule has 0 bridgehead atoms. The van der Waals surface area contributed by atoms with Crippen LogP contribution in [0.4, 0.5) is 0 Å². The van der Waals surface area contributed by atoms with Crippen LogP contribution in [0.2, 0.25) is 0 Å². The predicted octanol–water partition coefficient (Wildman–Crippen LogP) is 1.73. The summed E-state index contributed by atoms with van der Waals surface area (Å²) in [7, 11) is 0. The highest BCUT2D eigenvalue weighted by Crippen LogP contribution is 2.23. The van der Waals surface area contributed by atoms with Crippen molar-refractivity contribution >= 4 is 11.6 Å². The number of aromatic nitrogens is 3. The number of nitrogens with two attached hydrogens (primary N) is 1. The Morgan fingerprint density at radius 2 is 2.20 bits per heavy atom. The van der Waals surface area contributed by atoms with Crippen LogP contribution in [-0.2, 0) is 0 Å². The summed E-state index contributed by atoms with van der Waals surface area (Å²) in [6.07, 6.45) is 2.45. The second-order valence-corrected chi connectivity index (χ2v) is 4.32. The number of hydrogen-bond acceptors (Lipinski definition) is 4. The molecule has 0 atom stereocenters. The lowest BCUT2D eigenvalue weighted by atomic mass is 10.2. The molecule has 1 radical (unpaired) electrons. The molecule has 2 heterocycles. The number of fused-ring (bicyclic) bond motifs is 1. The molecular formula is C14H11N4O2. The van der Waals surface area contributed by atoms with Crippen molar-refractivity contribution in [3.05, 3.63) is 53.9 Å². The minimum atomic E-state index is -0.571. The van der Waals surface area contributed by atoms with Gasteiger partial charge in [-0.3, -0.25) is 4.79 Å². The van der Waals surface area contributed by atoms with Crippen molar-refractivity contribution in [2.24, 2.45) is 5.73 Å². The van der Waals surface area contributed by atoms with Crippen LogP contribution in [0.5, 0.6) is 11.6 Å². The second kappa shape index (κ2) is 4.65. The molecular weight excluding hydrogens is 256 g/mol. The molecule has 0 aliphatic carbocycles. The lowest BCUT2D eigenvalue weighted by molar-refractivity contribution is 0.100. The van der Waals surface area contributed by atoms with E-state index < -0.39 is 5.91 Å². The third-order valence-corrected chi connectivity index (χ3v) is 2.82. The van der Waals surface area contributed by atoms with E-state index in [2.05, 4.69) is 16.4 Å².